The van der Waals surface area contributed by atoms with E-state index in [1.165, 1.54) is 11.8 Å². The van der Waals surface area contributed by atoms with Crippen LogP contribution in [0.1, 0.15) is 36.7 Å². The lowest BCUT2D eigenvalue weighted by Crippen LogP contribution is -2.41. The quantitative estimate of drug-likeness (QED) is 0.822. The van der Waals surface area contributed by atoms with Gasteiger partial charge in [-0.05, 0) is 31.5 Å². The van der Waals surface area contributed by atoms with Gasteiger partial charge in [0.25, 0.3) is 5.91 Å². The van der Waals surface area contributed by atoms with Crippen LogP contribution in [-0.4, -0.2) is 54.2 Å². The second-order valence-electron chi connectivity index (χ2n) is 5.33. The molecule has 6 heteroatoms. The van der Waals surface area contributed by atoms with Gasteiger partial charge in [0.15, 0.2) is 0 Å². The van der Waals surface area contributed by atoms with Crippen LogP contribution >= 0.6 is 0 Å². The van der Waals surface area contributed by atoms with Gasteiger partial charge < -0.3 is 15.1 Å². The summed E-state index contributed by atoms with van der Waals surface area (Å²) in [5.74, 6) is -0.357. The first-order valence-electron chi connectivity index (χ1n) is 7.75. The lowest BCUT2D eigenvalue weighted by atomic mass is 10.1. The summed E-state index contributed by atoms with van der Waals surface area (Å²) in [6.07, 6.45) is 0. The van der Waals surface area contributed by atoms with Crippen LogP contribution in [0.3, 0.4) is 0 Å². The fourth-order valence-corrected chi connectivity index (χ4v) is 2.16. The number of hydrogen-bond acceptors (Lipinski definition) is 3. The van der Waals surface area contributed by atoms with Crippen LogP contribution in [0, 0.1) is 0 Å². The maximum absolute atomic E-state index is 12.3. The van der Waals surface area contributed by atoms with Gasteiger partial charge in [0, 0.05) is 39.2 Å². The summed E-state index contributed by atoms with van der Waals surface area (Å²) in [6, 6.07) is 7.00. The second-order valence-corrected chi connectivity index (χ2v) is 5.33. The zero-order chi connectivity index (χ0) is 17.4. The molecule has 0 aromatic heterocycles. The second kappa shape index (κ2) is 8.92. The Labute approximate surface area is 137 Å². The van der Waals surface area contributed by atoms with Gasteiger partial charge in [0.2, 0.25) is 11.8 Å². The number of nitrogens with zero attached hydrogens (tertiary/aromatic N) is 2. The lowest BCUT2D eigenvalue weighted by molar-refractivity contribution is -0.131. The molecule has 0 aliphatic heterocycles. The van der Waals surface area contributed by atoms with Crippen LogP contribution in [-0.2, 0) is 16.1 Å². The lowest BCUT2D eigenvalue weighted by Gasteiger charge is -2.23. The Bertz CT molecular complexity index is 551. The molecule has 0 aliphatic rings. The first kappa shape index (κ1) is 18.7. The summed E-state index contributed by atoms with van der Waals surface area (Å²) in [6.45, 7) is 7.05. The first-order chi connectivity index (χ1) is 10.9. The SMILES string of the molecule is CCN(CC)C(=O)CN(C)C(=O)c1ccc(CNC(C)=O)cc1. The standard InChI is InChI=1S/C17H25N3O3/c1-5-20(6-2)16(22)12-19(4)17(23)15-9-7-14(8-10-15)11-18-13(3)21/h7-10H,5-6,11-12H2,1-4H3,(H,18,21). The van der Waals surface area contributed by atoms with E-state index in [4.69, 9.17) is 0 Å². The molecule has 0 heterocycles. The van der Waals surface area contributed by atoms with Gasteiger partial charge >= 0.3 is 0 Å². The van der Waals surface area contributed by atoms with Gasteiger partial charge in [-0.25, -0.2) is 0 Å². The summed E-state index contributed by atoms with van der Waals surface area (Å²) in [5.41, 5.74) is 1.44. The van der Waals surface area contributed by atoms with E-state index < -0.39 is 0 Å². The smallest absolute Gasteiger partial charge is 0.254 e. The van der Waals surface area contributed by atoms with Crippen LogP contribution in [0.5, 0.6) is 0 Å². The van der Waals surface area contributed by atoms with E-state index in [9.17, 15) is 14.4 Å². The number of nitrogens with one attached hydrogen (secondary N) is 1. The number of rotatable bonds is 7. The minimum absolute atomic E-state index is 0.0619. The third-order valence-corrected chi connectivity index (χ3v) is 3.58. The molecule has 1 aromatic rings. The zero-order valence-electron chi connectivity index (χ0n) is 14.3. The fraction of sp³-hybridized carbons (Fsp3) is 0.471. The van der Waals surface area contributed by atoms with E-state index >= 15 is 0 Å². The van der Waals surface area contributed by atoms with Gasteiger partial charge in [-0.15, -0.1) is 0 Å². The summed E-state index contributed by atoms with van der Waals surface area (Å²) < 4.78 is 0. The van der Waals surface area contributed by atoms with Gasteiger partial charge in [-0.1, -0.05) is 12.1 Å². The molecular weight excluding hydrogens is 294 g/mol. The zero-order valence-corrected chi connectivity index (χ0v) is 14.3. The summed E-state index contributed by atoms with van der Waals surface area (Å²) >= 11 is 0. The highest BCUT2D eigenvalue weighted by Gasteiger charge is 2.17. The minimum atomic E-state index is -0.198. The van der Waals surface area contributed by atoms with Crippen molar-refractivity contribution >= 4 is 17.7 Å². The van der Waals surface area contributed by atoms with Crippen LogP contribution in [0.4, 0.5) is 0 Å². The first-order valence-corrected chi connectivity index (χ1v) is 7.75. The van der Waals surface area contributed by atoms with Crippen molar-refractivity contribution in [2.24, 2.45) is 0 Å². The topological polar surface area (TPSA) is 69.7 Å². The predicted molar refractivity (Wildman–Crippen MR) is 88.9 cm³/mol. The van der Waals surface area contributed by atoms with Crippen molar-refractivity contribution in [2.45, 2.75) is 27.3 Å². The number of carbonyl (C=O) groups is 3. The maximum atomic E-state index is 12.3. The van der Waals surface area contributed by atoms with E-state index in [1.54, 1.807) is 36.2 Å². The van der Waals surface area contributed by atoms with E-state index in [2.05, 4.69) is 5.32 Å². The average molecular weight is 319 g/mol. The average Bonchev–Trinajstić information content (AvgIpc) is 2.53. The molecule has 0 aliphatic carbocycles. The molecule has 0 fully saturated rings. The molecule has 1 aromatic carbocycles. The van der Waals surface area contributed by atoms with Crippen LogP contribution in [0.2, 0.25) is 0 Å². The van der Waals surface area contributed by atoms with Crippen LogP contribution in [0.15, 0.2) is 24.3 Å². The van der Waals surface area contributed by atoms with E-state index in [0.717, 1.165) is 5.56 Å². The van der Waals surface area contributed by atoms with Gasteiger partial charge in [0.05, 0.1) is 6.54 Å². The van der Waals surface area contributed by atoms with E-state index in [-0.39, 0.29) is 24.3 Å². The van der Waals surface area contributed by atoms with Gasteiger partial charge in [-0.3, -0.25) is 14.4 Å². The Kier molecular flexibility index (Phi) is 7.25. The van der Waals surface area contributed by atoms with Gasteiger partial charge in [0.1, 0.15) is 0 Å². The van der Waals surface area contributed by atoms with Gasteiger partial charge in [-0.2, -0.15) is 0 Å². The normalized spacial score (nSPS) is 10.1. The molecule has 0 atom stereocenters. The number of amides is 3. The Morgan fingerprint density at radius 2 is 1.61 bits per heavy atom. The third kappa shape index (κ3) is 5.73. The van der Waals surface area contributed by atoms with Crippen molar-refractivity contribution in [3.63, 3.8) is 0 Å². The van der Waals surface area contributed by atoms with Crippen LogP contribution < -0.4 is 5.32 Å². The Hall–Kier alpha value is -2.37. The molecule has 3 amide bonds. The molecule has 0 unspecified atom stereocenters. The highest BCUT2D eigenvalue weighted by Crippen LogP contribution is 2.07. The number of benzene rings is 1. The predicted octanol–water partition coefficient (Wildman–Crippen LogP) is 1.26. The van der Waals surface area contributed by atoms with Crippen molar-refractivity contribution in [1.29, 1.82) is 0 Å². The molecular formula is C17H25N3O3. The van der Waals surface area contributed by atoms with Crippen molar-refractivity contribution in [1.82, 2.24) is 15.1 Å². The largest absolute Gasteiger partial charge is 0.352 e. The highest BCUT2D eigenvalue weighted by atomic mass is 16.2. The van der Waals surface area contributed by atoms with Crippen molar-refractivity contribution in [3.8, 4) is 0 Å². The number of hydrogen-bond donors (Lipinski definition) is 1. The minimum Gasteiger partial charge on any atom is -0.352 e. The number of likely N-dealkylation sites (N-methyl/N-ethyl adjacent to an activating group) is 2. The molecule has 1 N–H and O–H groups in total. The fourth-order valence-electron chi connectivity index (χ4n) is 2.16. The monoisotopic (exact) mass is 319 g/mol. The molecule has 6 nitrogen and oxygen atoms in total. The highest BCUT2D eigenvalue weighted by molar-refractivity contribution is 5.96. The summed E-state index contributed by atoms with van der Waals surface area (Å²) in [4.78, 5) is 38.4. The summed E-state index contributed by atoms with van der Waals surface area (Å²) in [7, 11) is 1.62. The molecule has 0 saturated heterocycles. The molecule has 0 saturated carbocycles. The Morgan fingerprint density at radius 1 is 1.04 bits per heavy atom. The Balaban J connectivity index is 2.65. The number of carbonyl (C=O) groups excluding carboxylic acids is 3. The van der Waals surface area contributed by atoms with Crippen molar-refractivity contribution in [3.05, 3.63) is 35.4 Å². The molecule has 0 spiro atoms. The molecule has 126 valence electrons. The molecule has 23 heavy (non-hydrogen) atoms. The van der Waals surface area contributed by atoms with E-state index in [1.807, 2.05) is 13.8 Å². The maximum Gasteiger partial charge on any atom is 0.254 e. The van der Waals surface area contributed by atoms with Crippen LogP contribution in [0.25, 0.3) is 0 Å². The van der Waals surface area contributed by atoms with Crippen molar-refractivity contribution in [2.75, 3.05) is 26.7 Å². The Morgan fingerprint density at radius 3 is 2.09 bits per heavy atom. The van der Waals surface area contributed by atoms with E-state index in [0.29, 0.717) is 25.2 Å². The molecule has 0 radical (unpaired) electrons. The molecule has 1 rings (SSSR count). The molecule has 0 bridgehead atoms. The summed E-state index contributed by atoms with van der Waals surface area (Å²) in [5, 5.41) is 2.70. The van der Waals surface area contributed by atoms with Crippen molar-refractivity contribution < 1.29 is 14.4 Å². The third-order valence-electron chi connectivity index (χ3n) is 3.58.